The molecule has 0 atom stereocenters. The third kappa shape index (κ3) is 7.25. The van der Waals surface area contributed by atoms with Gasteiger partial charge in [-0.15, -0.1) is 0 Å². The predicted molar refractivity (Wildman–Crippen MR) is 84.4 cm³/mol. The van der Waals surface area contributed by atoms with Crippen molar-refractivity contribution in [1.82, 2.24) is 5.32 Å². The number of ether oxygens (including phenoxy) is 2. The van der Waals surface area contributed by atoms with E-state index in [1.807, 2.05) is 26.0 Å². The number of methoxy groups -OCH3 is 1. The summed E-state index contributed by atoms with van der Waals surface area (Å²) in [7, 11) is 1.63. The number of benzene rings is 1. The average Bonchev–Trinajstić information content (AvgIpc) is 2.40. The van der Waals surface area contributed by atoms with Crippen molar-refractivity contribution in [3.05, 3.63) is 35.4 Å². The second-order valence-electron chi connectivity index (χ2n) is 5.89. The molecule has 0 fully saturated rings. The summed E-state index contributed by atoms with van der Waals surface area (Å²) in [4.78, 5) is 11.9. The van der Waals surface area contributed by atoms with E-state index in [2.05, 4.69) is 24.4 Å². The van der Waals surface area contributed by atoms with Crippen LogP contribution < -0.4 is 5.32 Å². The first-order valence-electron chi connectivity index (χ1n) is 7.37. The van der Waals surface area contributed by atoms with Crippen molar-refractivity contribution >= 4 is 5.91 Å². The first-order chi connectivity index (χ1) is 9.94. The lowest BCUT2D eigenvalue weighted by atomic mass is 9.92. The van der Waals surface area contributed by atoms with Gasteiger partial charge in [-0.2, -0.15) is 0 Å². The number of aryl methyl sites for hydroxylation is 1. The van der Waals surface area contributed by atoms with E-state index in [9.17, 15) is 4.79 Å². The fourth-order valence-corrected chi connectivity index (χ4v) is 2.18. The van der Waals surface area contributed by atoms with E-state index < -0.39 is 0 Å². The van der Waals surface area contributed by atoms with Crippen LogP contribution in [0.25, 0.3) is 0 Å². The molecule has 1 amide bonds. The highest BCUT2D eigenvalue weighted by Gasteiger charge is 2.21. The summed E-state index contributed by atoms with van der Waals surface area (Å²) in [5.74, 6) is 0.0194. The Morgan fingerprint density at radius 2 is 1.90 bits per heavy atom. The minimum Gasteiger partial charge on any atom is -0.382 e. The van der Waals surface area contributed by atoms with Gasteiger partial charge in [0.15, 0.2) is 0 Å². The van der Waals surface area contributed by atoms with E-state index in [1.54, 1.807) is 7.11 Å². The van der Waals surface area contributed by atoms with E-state index in [0.29, 0.717) is 26.2 Å². The minimum absolute atomic E-state index is 0.0194. The zero-order chi connectivity index (χ0) is 15.7. The van der Waals surface area contributed by atoms with Crippen molar-refractivity contribution in [1.29, 1.82) is 0 Å². The number of rotatable bonds is 9. The molecular formula is C17H27NO3. The average molecular weight is 293 g/mol. The molecule has 0 aliphatic carbocycles. The summed E-state index contributed by atoms with van der Waals surface area (Å²) in [5, 5.41) is 3.07. The summed E-state index contributed by atoms with van der Waals surface area (Å²) in [6.07, 6.45) is 1.19. The molecule has 4 nitrogen and oxygen atoms in total. The van der Waals surface area contributed by atoms with Gasteiger partial charge in [0.05, 0.1) is 19.8 Å². The Kier molecular flexibility index (Phi) is 7.40. The zero-order valence-corrected chi connectivity index (χ0v) is 13.6. The van der Waals surface area contributed by atoms with E-state index >= 15 is 0 Å². The van der Waals surface area contributed by atoms with Crippen molar-refractivity contribution < 1.29 is 14.3 Å². The van der Waals surface area contributed by atoms with Crippen LogP contribution in [0.2, 0.25) is 0 Å². The summed E-state index contributed by atoms with van der Waals surface area (Å²) in [6.45, 7) is 7.69. The summed E-state index contributed by atoms with van der Waals surface area (Å²) in [6, 6.07) is 8.26. The fourth-order valence-electron chi connectivity index (χ4n) is 2.18. The van der Waals surface area contributed by atoms with Crippen LogP contribution in [0.4, 0.5) is 0 Å². The third-order valence-corrected chi connectivity index (χ3v) is 3.28. The van der Waals surface area contributed by atoms with Crippen molar-refractivity contribution in [2.24, 2.45) is 0 Å². The van der Waals surface area contributed by atoms with Crippen molar-refractivity contribution in [2.75, 3.05) is 26.9 Å². The van der Waals surface area contributed by atoms with Gasteiger partial charge >= 0.3 is 0 Å². The highest BCUT2D eigenvalue weighted by molar-refractivity contribution is 5.76. The van der Waals surface area contributed by atoms with E-state index in [1.165, 1.54) is 11.1 Å². The highest BCUT2D eigenvalue weighted by atomic mass is 16.5. The predicted octanol–water partition coefficient (Wildman–Crippen LogP) is 2.49. The third-order valence-electron chi connectivity index (χ3n) is 3.28. The standard InChI is InChI=1S/C17H27NO3/c1-14-7-5-6-8-15(14)13-17(2,3)18-16(19)9-10-21-12-11-20-4/h5-8H,9-13H2,1-4H3,(H,18,19). The lowest BCUT2D eigenvalue weighted by molar-refractivity contribution is -0.123. The zero-order valence-electron chi connectivity index (χ0n) is 13.6. The first-order valence-corrected chi connectivity index (χ1v) is 7.37. The molecule has 118 valence electrons. The van der Waals surface area contributed by atoms with Crippen LogP contribution in [-0.2, 0) is 20.7 Å². The van der Waals surface area contributed by atoms with Gasteiger partial charge < -0.3 is 14.8 Å². The van der Waals surface area contributed by atoms with Crippen molar-refractivity contribution in [3.63, 3.8) is 0 Å². The maximum atomic E-state index is 11.9. The van der Waals surface area contributed by atoms with Crippen molar-refractivity contribution in [2.45, 2.75) is 39.2 Å². The lowest BCUT2D eigenvalue weighted by Gasteiger charge is -2.27. The molecule has 0 bridgehead atoms. The number of carbonyl (C=O) groups is 1. The largest absolute Gasteiger partial charge is 0.382 e. The Hall–Kier alpha value is -1.39. The molecule has 0 aromatic heterocycles. The number of nitrogens with one attached hydrogen (secondary N) is 1. The van der Waals surface area contributed by atoms with E-state index in [-0.39, 0.29) is 11.4 Å². The van der Waals surface area contributed by atoms with Gasteiger partial charge in [-0.25, -0.2) is 0 Å². The van der Waals surface area contributed by atoms with E-state index in [0.717, 1.165) is 6.42 Å². The van der Waals surface area contributed by atoms with Crippen LogP contribution in [0.1, 0.15) is 31.4 Å². The summed E-state index contributed by atoms with van der Waals surface area (Å²) in [5.41, 5.74) is 2.25. The number of hydrogen-bond acceptors (Lipinski definition) is 3. The smallest absolute Gasteiger partial charge is 0.222 e. The molecule has 0 unspecified atom stereocenters. The molecule has 1 aromatic rings. The molecule has 21 heavy (non-hydrogen) atoms. The van der Waals surface area contributed by atoms with Crippen molar-refractivity contribution in [3.8, 4) is 0 Å². The molecule has 4 heteroatoms. The number of hydrogen-bond donors (Lipinski definition) is 1. The van der Waals surface area contributed by atoms with Gasteiger partial charge in [0.25, 0.3) is 0 Å². The molecule has 0 saturated carbocycles. The topological polar surface area (TPSA) is 47.6 Å². The lowest BCUT2D eigenvalue weighted by Crippen LogP contribution is -2.45. The summed E-state index contributed by atoms with van der Waals surface area (Å²) < 4.78 is 10.2. The van der Waals surface area contributed by atoms with Crippen LogP contribution in [-0.4, -0.2) is 38.4 Å². The Labute approximate surface area is 127 Å². The first kappa shape index (κ1) is 17.7. The van der Waals surface area contributed by atoms with Crippen LogP contribution >= 0.6 is 0 Å². The van der Waals surface area contributed by atoms with Gasteiger partial charge in [0.1, 0.15) is 0 Å². The van der Waals surface area contributed by atoms with Crippen LogP contribution in [0.3, 0.4) is 0 Å². The van der Waals surface area contributed by atoms with Gasteiger partial charge in [0.2, 0.25) is 5.91 Å². The SMILES string of the molecule is COCCOCCC(=O)NC(C)(C)Cc1ccccc1C. The molecule has 0 aliphatic heterocycles. The molecule has 1 aromatic carbocycles. The van der Waals surface area contributed by atoms with Gasteiger partial charge in [0, 0.05) is 19.1 Å². The number of amides is 1. The van der Waals surface area contributed by atoms with Gasteiger partial charge in [-0.1, -0.05) is 24.3 Å². The molecule has 1 N–H and O–H groups in total. The van der Waals surface area contributed by atoms with Crippen LogP contribution in [0, 0.1) is 6.92 Å². The molecular weight excluding hydrogens is 266 g/mol. The maximum Gasteiger partial charge on any atom is 0.222 e. The Balaban J connectivity index is 2.38. The second-order valence-corrected chi connectivity index (χ2v) is 5.89. The minimum atomic E-state index is -0.268. The number of carbonyl (C=O) groups excluding carboxylic acids is 1. The molecule has 0 saturated heterocycles. The Bertz CT molecular complexity index is 443. The second kappa shape index (κ2) is 8.80. The fraction of sp³-hybridized carbons (Fsp3) is 0.588. The van der Waals surface area contributed by atoms with E-state index in [4.69, 9.17) is 9.47 Å². The van der Waals surface area contributed by atoms with Crippen LogP contribution in [0.5, 0.6) is 0 Å². The van der Waals surface area contributed by atoms with Gasteiger partial charge in [-0.05, 0) is 38.3 Å². The maximum absolute atomic E-state index is 11.9. The van der Waals surface area contributed by atoms with Crippen LogP contribution in [0.15, 0.2) is 24.3 Å². The molecule has 1 rings (SSSR count). The Morgan fingerprint density at radius 3 is 2.57 bits per heavy atom. The highest BCUT2D eigenvalue weighted by Crippen LogP contribution is 2.16. The molecule has 0 radical (unpaired) electrons. The van der Waals surface area contributed by atoms with Gasteiger partial charge in [-0.3, -0.25) is 4.79 Å². The monoisotopic (exact) mass is 293 g/mol. The molecule has 0 aliphatic rings. The summed E-state index contributed by atoms with van der Waals surface area (Å²) >= 11 is 0. The Morgan fingerprint density at radius 1 is 1.19 bits per heavy atom. The quantitative estimate of drug-likeness (QED) is 0.712. The molecule has 0 spiro atoms. The molecule has 0 heterocycles. The normalized spacial score (nSPS) is 11.4.